The van der Waals surface area contributed by atoms with Gasteiger partial charge in [-0.05, 0) is 60.4 Å². The zero-order valence-corrected chi connectivity index (χ0v) is 20.1. The Balaban J connectivity index is 1.60. The molecule has 0 spiro atoms. The average molecular weight is 495 g/mol. The smallest absolute Gasteiger partial charge is 0.271 e. The van der Waals surface area contributed by atoms with Crippen LogP contribution in [0.3, 0.4) is 0 Å². The lowest BCUT2D eigenvalue weighted by Crippen LogP contribution is -2.17. The van der Waals surface area contributed by atoms with E-state index >= 15 is 0 Å². The van der Waals surface area contributed by atoms with E-state index in [0.29, 0.717) is 30.4 Å². The number of carbonyl (C=O) groups is 1. The molecule has 0 aliphatic carbocycles. The Morgan fingerprint density at radius 1 is 1.00 bits per heavy atom. The lowest BCUT2D eigenvalue weighted by Gasteiger charge is -2.15. The van der Waals surface area contributed by atoms with Gasteiger partial charge in [-0.3, -0.25) is 4.79 Å². The number of ether oxygens (including phenoxy) is 2. The lowest BCUT2D eigenvalue weighted by atomic mass is 10.0. The summed E-state index contributed by atoms with van der Waals surface area (Å²) in [7, 11) is 0. The molecule has 166 valence electrons. The second-order valence-electron chi connectivity index (χ2n) is 7.64. The topological polar surface area (TPSA) is 59.9 Å². The van der Waals surface area contributed by atoms with Crippen LogP contribution in [0.4, 0.5) is 0 Å². The van der Waals surface area contributed by atoms with Crippen molar-refractivity contribution in [3.63, 3.8) is 0 Å². The number of nitrogens with one attached hydrogen (secondary N) is 1. The van der Waals surface area contributed by atoms with E-state index in [4.69, 9.17) is 9.47 Å². The van der Waals surface area contributed by atoms with E-state index in [1.54, 1.807) is 18.3 Å². The summed E-state index contributed by atoms with van der Waals surface area (Å²) in [6.07, 6.45) is 1.57. The highest BCUT2D eigenvalue weighted by molar-refractivity contribution is 9.10. The van der Waals surface area contributed by atoms with Gasteiger partial charge in [-0.2, -0.15) is 5.10 Å². The Morgan fingerprint density at radius 2 is 1.72 bits per heavy atom. The average Bonchev–Trinajstić information content (AvgIpc) is 2.78. The first-order valence-electron chi connectivity index (χ1n) is 10.5. The third-order valence-electron chi connectivity index (χ3n) is 4.77. The van der Waals surface area contributed by atoms with Crippen LogP contribution in [0.5, 0.6) is 11.5 Å². The highest BCUT2D eigenvalue weighted by Gasteiger charge is 2.09. The van der Waals surface area contributed by atoms with Crippen LogP contribution in [-0.2, 0) is 0 Å². The van der Waals surface area contributed by atoms with E-state index in [-0.39, 0.29) is 5.91 Å². The molecule has 5 nitrogen and oxygen atoms in total. The zero-order valence-electron chi connectivity index (χ0n) is 18.5. The molecule has 0 fully saturated rings. The lowest BCUT2D eigenvalue weighted by molar-refractivity contribution is 0.0955. The minimum atomic E-state index is -0.271. The largest absolute Gasteiger partial charge is 0.490 e. The monoisotopic (exact) mass is 494 g/mol. The van der Waals surface area contributed by atoms with Crippen molar-refractivity contribution >= 4 is 28.1 Å². The van der Waals surface area contributed by atoms with Gasteiger partial charge < -0.3 is 9.47 Å². The molecule has 1 N–H and O–H groups in total. The van der Waals surface area contributed by atoms with Crippen molar-refractivity contribution in [3.8, 4) is 11.5 Å². The van der Waals surface area contributed by atoms with Gasteiger partial charge in [-0.15, -0.1) is 0 Å². The summed E-state index contributed by atoms with van der Waals surface area (Å²) in [6, 6.07) is 20.8. The standard InChI is InChI=1S/C26H27BrN2O3/c1-18(2)23-11-9-19(3)15-25(23)32-14-13-31-24-12-10-22(27)16-21(24)17-28-29-26(30)20-7-5-4-6-8-20/h4-12,15-18H,13-14H2,1-3H3,(H,29,30)/b28-17-. The van der Waals surface area contributed by atoms with E-state index in [9.17, 15) is 4.79 Å². The Kier molecular flexibility index (Phi) is 8.45. The number of rotatable bonds is 9. The van der Waals surface area contributed by atoms with Gasteiger partial charge in [0.15, 0.2) is 0 Å². The minimum Gasteiger partial charge on any atom is -0.490 e. The maximum Gasteiger partial charge on any atom is 0.271 e. The highest BCUT2D eigenvalue weighted by Crippen LogP contribution is 2.27. The van der Waals surface area contributed by atoms with Crippen LogP contribution in [0, 0.1) is 6.92 Å². The summed E-state index contributed by atoms with van der Waals surface area (Å²) >= 11 is 3.47. The molecule has 0 aliphatic heterocycles. The molecule has 0 heterocycles. The maximum atomic E-state index is 12.1. The summed E-state index contributed by atoms with van der Waals surface area (Å²) in [5.41, 5.74) is 6.17. The molecule has 0 bridgehead atoms. The third kappa shape index (κ3) is 6.69. The summed E-state index contributed by atoms with van der Waals surface area (Å²) < 4.78 is 12.8. The van der Waals surface area contributed by atoms with Gasteiger partial charge in [0.05, 0.1) is 6.21 Å². The molecular formula is C26H27BrN2O3. The van der Waals surface area contributed by atoms with Crippen LogP contribution >= 0.6 is 15.9 Å². The summed E-state index contributed by atoms with van der Waals surface area (Å²) in [5, 5.41) is 4.08. The third-order valence-corrected chi connectivity index (χ3v) is 5.26. The fraction of sp³-hybridized carbons (Fsp3) is 0.231. The van der Waals surface area contributed by atoms with Crippen molar-refractivity contribution in [2.75, 3.05) is 13.2 Å². The molecule has 0 atom stereocenters. The normalized spacial score (nSPS) is 11.0. The predicted molar refractivity (Wildman–Crippen MR) is 132 cm³/mol. The quantitative estimate of drug-likeness (QED) is 0.222. The van der Waals surface area contributed by atoms with Crippen molar-refractivity contribution in [2.45, 2.75) is 26.7 Å². The van der Waals surface area contributed by atoms with Gasteiger partial charge in [0.2, 0.25) is 0 Å². The molecule has 0 radical (unpaired) electrons. The summed E-state index contributed by atoms with van der Waals surface area (Å²) in [4.78, 5) is 12.1. The van der Waals surface area contributed by atoms with Crippen molar-refractivity contribution in [2.24, 2.45) is 5.10 Å². The fourth-order valence-electron chi connectivity index (χ4n) is 3.11. The summed E-state index contributed by atoms with van der Waals surface area (Å²) in [6.45, 7) is 7.15. The SMILES string of the molecule is Cc1ccc(C(C)C)c(OCCOc2ccc(Br)cc2/C=N\NC(=O)c2ccccc2)c1. The Bertz CT molecular complexity index is 1080. The molecule has 0 unspecified atom stereocenters. The molecule has 3 aromatic carbocycles. The molecule has 0 saturated heterocycles. The minimum absolute atomic E-state index is 0.271. The van der Waals surface area contributed by atoms with Gasteiger partial charge in [-0.1, -0.05) is 60.1 Å². The first-order chi connectivity index (χ1) is 15.4. The number of nitrogens with zero attached hydrogens (tertiary/aromatic N) is 1. The van der Waals surface area contributed by atoms with Crippen molar-refractivity contribution in [3.05, 3.63) is 93.5 Å². The molecule has 6 heteroatoms. The van der Waals surface area contributed by atoms with E-state index in [1.165, 1.54) is 5.56 Å². The Morgan fingerprint density at radius 3 is 2.44 bits per heavy atom. The molecular weight excluding hydrogens is 468 g/mol. The first kappa shape index (κ1) is 23.5. The van der Waals surface area contributed by atoms with Gasteiger partial charge in [0.1, 0.15) is 24.7 Å². The number of hydrogen-bond acceptors (Lipinski definition) is 4. The second kappa shape index (κ2) is 11.5. The predicted octanol–water partition coefficient (Wildman–Crippen LogP) is 6.10. The van der Waals surface area contributed by atoms with Gasteiger partial charge >= 0.3 is 0 Å². The van der Waals surface area contributed by atoms with Crippen LogP contribution in [-0.4, -0.2) is 25.3 Å². The van der Waals surface area contributed by atoms with Crippen molar-refractivity contribution in [1.82, 2.24) is 5.43 Å². The van der Waals surface area contributed by atoms with Gasteiger partial charge in [-0.25, -0.2) is 5.43 Å². The zero-order chi connectivity index (χ0) is 22.9. The Labute approximate surface area is 197 Å². The molecule has 3 rings (SSSR count). The Hall–Kier alpha value is -3.12. The number of amides is 1. The number of benzene rings is 3. The number of aryl methyl sites for hydroxylation is 1. The molecule has 3 aromatic rings. The van der Waals surface area contributed by atoms with Crippen molar-refractivity contribution < 1.29 is 14.3 Å². The van der Waals surface area contributed by atoms with E-state index in [1.807, 2.05) is 36.4 Å². The molecule has 1 amide bonds. The number of carbonyl (C=O) groups excluding carboxylic acids is 1. The number of hydrogen-bond donors (Lipinski definition) is 1. The molecule has 0 aromatic heterocycles. The van der Waals surface area contributed by atoms with Crippen LogP contribution < -0.4 is 14.9 Å². The summed E-state index contributed by atoms with van der Waals surface area (Å²) in [5.74, 6) is 1.66. The van der Waals surface area contributed by atoms with Crippen LogP contribution in [0.15, 0.2) is 76.3 Å². The first-order valence-corrected chi connectivity index (χ1v) is 11.3. The van der Waals surface area contributed by atoms with Crippen LogP contribution in [0.1, 0.15) is 46.8 Å². The van der Waals surface area contributed by atoms with Crippen molar-refractivity contribution in [1.29, 1.82) is 0 Å². The fourth-order valence-corrected chi connectivity index (χ4v) is 3.49. The van der Waals surface area contributed by atoms with E-state index < -0.39 is 0 Å². The van der Waals surface area contributed by atoms with Crippen LogP contribution in [0.25, 0.3) is 0 Å². The molecule has 0 saturated carbocycles. The van der Waals surface area contributed by atoms with E-state index in [0.717, 1.165) is 21.3 Å². The van der Waals surface area contributed by atoms with E-state index in [2.05, 4.69) is 65.4 Å². The maximum absolute atomic E-state index is 12.1. The number of hydrazone groups is 1. The molecule has 0 aliphatic rings. The van der Waals surface area contributed by atoms with Gasteiger partial charge in [0, 0.05) is 15.6 Å². The number of halogens is 1. The molecule has 32 heavy (non-hydrogen) atoms. The highest BCUT2D eigenvalue weighted by atomic mass is 79.9. The second-order valence-corrected chi connectivity index (χ2v) is 8.56. The van der Waals surface area contributed by atoms with Crippen LogP contribution in [0.2, 0.25) is 0 Å². The van der Waals surface area contributed by atoms with Gasteiger partial charge in [0.25, 0.3) is 5.91 Å².